The molecule has 0 aliphatic heterocycles. The van der Waals surface area contributed by atoms with Crippen molar-refractivity contribution in [3.8, 4) is 5.69 Å². The van der Waals surface area contributed by atoms with Gasteiger partial charge in [-0.2, -0.15) is 0 Å². The summed E-state index contributed by atoms with van der Waals surface area (Å²) in [4.78, 5) is 1.48. The Kier molecular flexibility index (Phi) is 3.26. The Bertz CT molecular complexity index is 449. The first-order valence-electron chi connectivity index (χ1n) is 5.32. The Hall–Kier alpha value is -1.75. The summed E-state index contributed by atoms with van der Waals surface area (Å²) >= 11 is 0. The topological polar surface area (TPSA) is 63.8 Å². The highest BCUT2D eigenvalue weighted by Crippen LogP contribution is 2.07. The molecule has 2 rings (SSSR count). The maximum absolute atomic E-state index is 8.75. The monoisotopic (exact) mass is 218 g/mol. The fourth-order valence-corrected chi connectivity index (χ4v) is 1.42. The lowest BCUT2D eigenvalue weighted by Crippen LogP contribution is -2.00. The summed E-state index contributed by atoms with van der Waals surface area (Å²) < 4.78 is 0. The van der Waals surface area contributed by atoms with E-state index in [4.69, 9.17) is 5.11 Å². The zero-order valence-corrected chi connectivity index (χ0v) is 9.17. The smallest absolute Gasteiger partial charge is 0.177 e. The van der Waals surface area contributed by atoms with E-state index in [9.17, 15) is 0 Å². The number of aromatic nitrogens is 4. The van der Waals surface area contributed by atoms with Crippen LogP contribution in [0, 0.1) is 0 Å². The van der Waals surface area contributed by atoms with Crippen LogP contribution in [-0.4, -0.2) is 31.9 Å². The van der Waals surface area contributed by atoms with Crippen molar-refractivity contribution in [1.82, 2.24) is 20.2 Å². The van der Waals surface area contributed by atoms with E-state index in [1.807, 2.05) is 24.3 Å². The molecule has 2 aromatic rings. The minimum absolute atomic E-state index is 0.0421. The molecule has 1 N–H and O–H groups in total. The summed E-state index contributed by atoms with van der Waals surface area (Å²) in [7, 11) is 0. The van der Waals surface area contributed by atoms with Gasteiger partial charge in [-0.15, -0.1) is 15.0 Å². The number of nitrogens with zero attached hydrogens (tertiary/aromatic N) is 4. The van der Waals surface area contributed by atoms with Gasteiger partial charge in [0.1, 0.15) is 0 Å². The first-order chi connectivity index (χ1) is 7.83. The number of aliphatic hydroxyl groups is 1. The molecule has 5 nitrogen and oxygen atoms in total. The predicted octanol–water partition coefficient (Wildman–Crippen LogP) is 0.759. The van der Waals surface area contributed by atoms with E-state index in [1.54, 1.807) is 0 Å². The molecule has 0 spiro atoms. The minimum Gasteiger partial charge on any atom is -0.396 e. The number of benzene rings is 1. The average Bonchev–Trinajstić information content (AvgIpc) is 2.78. The standard InChI is InChI=1S/C11H14N4O/c1-2-9-3-5-10(6-4-9)15-13-11(7-8-16)12-14-15/h3-6,16H,2,7-8H2,1H3. The lowest BCUT2D eigenvalue weighted by Gasteiger charge is -1.99. The molecule has 1 aromatic heterocycles. The van der Waals surface area contributed by atoms with E-state index < -0.39 is 0 Å². The molecule has 84 valence electrons. The highest BCUT2D eigenvalue weighted by molar-refractivity contribution is 5.32. The van der Waals surface area contributed by atoms with Crippen LogP contribution in [0.2, 0.25) is 0 Å². The molecule has 0 saturated carbocycles. The van der Waals surface area contributed by atoms with Gasteiger partial charge in [-0.1, -0.05) is 19.1 Å². The van der Waals surface area contributed by atoms with Gasteiger partial charge in [-0.05, 0) is 29.3 Å². The summed E-state index contributed by atoms with van der Waals surface area (Å²) in [5.74, 6) is 0.557. The highest BCUT2D eigenvalue weighted by Gasteiger charge is 2.03. The van der Waals surface area contributed by atoms with Crippen molar-refractivity contribution in [3.63, 3.8) is 0 Å². The van der Waals surface area contributed by atoms with Crippen molar-refractivity contribution in [3.05, 3.63) is 35.7 Å². The predicted molar refractivity (Wildman–Crippen MR) is 59.3 cm³/mol. The zero-order chi connectivity index (χ0) is 11.4. The first-order valence-corrected chi connectivity index (χ1v) is 5.32. The van der Waals surface area contributed by atoms with E-state index >= 15 is 0 Å². The number of rotatable bonds is 4. The summed E-state index contributed by atoms with van der Waals surface area (Å²) in [6.45, 7) is 2.16. The first kappa shape index (κ1) is 10.8. The average molecular weight is 218 g/mol. The molecule has 0 bridgehead atoms. The van der Waals surface area contributed by atoms with Gasteiger partial charge < -0.3 is 5.11 Å². The Morgan fingerprint density at radius 1 is 1.25 bits per heavy atom. The van der Waals surface area contributed by atoms with Crippen LogP contribution in [0.25, 0.3) is 5.69 Å². The number of hydrogen-bond donors (Lipinski definition) is 1. The summed E-state index contributed by atoms with van der Waals surface area (Å²) in [5, 5.41) is 20.7. The number of aryl methyl sites for hydroxylation is 1. The second-order valence-corrected chi connectivity index (χ2v) is 3.49. The fraction of sp³-hybridized carbons (Fsp3) is 0.364. The summed E-state index contributed by atoms with van der Waals surface area (Å²) in [6, 6.07) is 8.02. The number of tetrazole rings is 1. The van der Waals surface area contributed by atoms with E-state index in [-0.39, 0.29) is 6.61 Å². The third kappa shape index (κ3) is 2.25. The van der Waals surface area contributed by atoms with Gasteiger partial charge in [0.2, 0.25) is 0 Å². The molecule has 16 heavy (non-hydrogen) atoms. The molecule has 0 unspecified atom stereocenters. The molecule has 0 atom stereocenters. The Labute approximate surface area is 93.7 Å². The van der Waals surface area contributed by atoms with E-state index in [1.165, 1.54) is 10.4 Å². The third-order valence-electron chi connectivity index (χ3n) is 2.37. The van der Waals surface area contributed by atoms with Gasteiger partial charge in [-0.3, -0.25) is 0 Å². The van der Waals surface area contributed by atoms with E-state index in [0.717, 1.165) is 12.1 Å². The van der Waals surface area contributed by atoms with Crippen LogP contribution < -0.4 is 0 Å². The molecule has 0 radical (unpaired) electrons. The molecular weight excluding hydrogens is 204 g/mol. The van der Waals surface area contributed by atoms with Gasteiger partial charge in [0, 0.05) is 6.42 Å². The lowest BCUT2D eigenvalue weighted by atomic mass is 10.2. The minimum atomic E-state index is 0.0421. The van der Waals surface area contributed by atoms with Crippen LogP contribution in [0.1, 0.15) is 18.3 Å². The van der Waals surface area contributed by atoms with Crippen molar-refractivity contribution < 1.29 is 5.11 Å². The molecule has 5 heteroatoms. The molecule has 1 aromatic carbocycles. The second-order valence-electron chi connectivity index (χ2n) is 3.49. The van der Waals surface area contributed by atoms with Crippen molar-refractivity contribution in [2.75, 3.05) is 6.61 Å². The fourth-order valence-electron chi connectivity index (χ4n) is 1.42. The largest absolute Gasteiger partial charge is 0.396 e. The van der Waals surface area contributed by atoms with Crippen LogP contribution in [0.5, 0.6) is 0 Å². The van der Waals surface area contributed by atoms with Crippen molar-refractivity contribution >= 4 is 0 Å². The Morgan fingerprint density at radius 3 is 2.62 bits per heavy atom. The van der Waals surface area contributed by atoms with Crippen molar-refractivity contribution in [1.29, 1.82) is 0 Å². The van der Waals surface area contributed by atoms with Crippen molar-refractivity contribution in [2.24, 2.45) is 0 Å². The SMILES string of the molecule is CCc1ccc(-n2nnc(CCO)n2)cc1. The summed E-state index contributed by atoms with van der Waals surface area (Å²) in [6.07, 6.45) is 1.45. The molecule has 0 saturated heterocycles. The van der Waals surface area contributed by atoms with Gasteiger partial charge in [0.15, 0.2) is 5.82 Å². The Morgan fingerprint density at radius 2 is 2.00 bits per heavy atom. The van der Waals surface area contributed by atoms with Crippen LogP contribution in [-0.2, 0) is 12.8 Å². The summed E-state index contributed by atoms with van der Waals surface area (Å²) in [5.41, 5.74) is 2.16. The van der Waals surface area contributed by atoms with Gasteiger partial charge in [0.05, 0.1) is 12.3 Å². The van der Waals surface area contributed by atoms with Gasteiger partial charge in [-0.25, -0.2) is 0 Å². The molecule has 0 amide bonds. The molecule has 1 heterocycles. The van der Waals surface area contributed by atoms with E-state index in [2.05, 4.69) is 22.3 Å². The normalized spacial score (nSPS) is 10.6. The maximum Gasteiger partial charge on any atom is 0.177 e. The molecule has 0 fully saturated rings. The van der Waals surface area contributed by atoms with E-state index in [0.29, 0.717) is 12.2 Å². The highest BCUT2D eigenvalue weighted by atomic mass is 16.3. The number of aliphatic hydroxyl groups excluding tert-OH is 1. The molecule has 0 aliphatic carbocycles. The van der Waals surface area contributed by atoms with Gasteiger partial charge in [0.25, 0.3) is 0 Å². The molecule has 0 aliphatic rings. The molecular formula is C11H14N4O. The second kappa shape index (κ2) is 4.85. The van der Waals surface area contributed by atoms with Crippen LogP contribution in [0.15, 0.2) is 24.3 Å². The lowest BCUT2D eigenvalue weighted by molar-refractivity contribution is 0.296. The Balaban J connectivity index is 2.21. The zero-order valence-electron chi connectivity index (χ0n) is 9.17. The quantitative estimate of drug-likeness (QED) is 0.822. The van der Waals surface area contributed by atoms with Crippen LogP contribution in [0.3, 0.4) is 0 Å². The third-order valence-corrected chi connectivity index (χ3v) is 2.37. The van der Waals surface area contributed by atoms with Gasteiger partial charge >= 0.3 is 0 Å². The number of hydrogen-bond acceptors (Lipinski definition) is 4. The maximum atomic E-state index is 8.75. The van der Waals surface area contributed by atoms with Crippen LogP contribution >= 0.6 is 0 Å². The van der Waals surface area contributed by atoms with Crippen LogP contribution in [0.4, 0.5) is 0 Å². The van der Waals surface area contributed by atoms with Crippen molar-refractivity contribution in [2.45, 2.75) is 19.8 Å².